The van der Waals surface area contributed by atoms with Crippen LogP contribution in [-0.2, 0) is 11.2 Å². The fourth-order valence-electron chi connectivity index (χ4n) is 2.44. The lowest BCUT2D eigenvalue weighted by atomic mass is 9.84. The fraction of sp³-hybridized carbons (Fsp3) is 0.500. The zero-order valence-electron chi connectivity index (χ0n) is 9.72. The summed E-state index contributed by atoms with van der Waals surface area (Å²) in [6, 6.07) is 3.28. The molecule has 0 bridgehead atoms. The molecule has 0 N–H and O–H groups in total. The second-order valence-corrected chi connectivity index (χ2v) is 4.71. The van der Waals surface area contributed by atoms with Crippen molar-refractivity contribution < 1.29 is 13.6 Å². The van der Waals surface area contributed by atoms with E-state index in [9.17, 15) is 13.6 Å². The third kappa shape index (κ3) is 3.11. The molecule has 1 nitrogen and oxygen atoms in total. The number of Topliss-reactive ketones (excluding diaryl/α,β-unsaturated/α-hetero) is 1. The number of halogens is 2. The van der Waals surface area contributed by atoms with E-state index in [4.69, 9.17) is 0 Å². The van der Waals surface area contributed by atoms with E-state index in [2.05, 4.69) is 0 Å². The predicted molar refractivity (Wildman–Crippen MR) is 61.6 cm³/mol. The summed E-state index contributed by atoms with van der Waals surface area (Å²) in [6.07, 6.45) is 5.14. The van der Waals surface area contributed by atoms with E-state index in [1.807, 2.05) is 0 Å². The molecule has 1 aromatic carbocycles. The van der Waals surface area contributed by atoms with Crippen LogP contribution in [0.2, 0.25) is 0 Å². The average Bonchev–Trinajstić information content (AvgIpc) is 2.35. The molecule has 3 heteroatoms. The van der Waals surface area contributed by atoms with E-state index in [0.29, 0.717) is 0 Å². The Labute approximate surface area is 99.8 Å². The van der Waals surface area contributed by atoms with Crippen LogP contribution in [0.5, 0.6) is 0 Å². The molecule has 1 aliphatic rings. The van der Waals surface area contributed by atoms with Crippen molar-refractivity contribution in [2.75, 3.05) is 0 Å². The normalized spacial score (nSPS) is 17.1. The van der Waals surface area contributed by atoms with Crippen molar-refractivity contribution in [3.05, 3.63) is 35.4 Å². The number of hydrogen-bond donors (Lipinski definition) is 0. The Bertz CT molecular complexity index is 409. The highest BCUT2D eigenvalue weighted by Crippen LogP contribution is 2.26. The summed E-state index contributed by atoms with van der Waals surface area (Å²) in [7, 11) is 0. The molecular formula is C14H16F2O. The largest absolute Gasteiger partial charge is 0.299 e. The Kier molecular flexibility index (Phi) is 3.87. The lowest BCUT2D eigenvalue weighted by Gasteiger charge is -2.20. The van der Waals surface area contributed by atoms with Crippen LogP contribution in [0.3, 0.4) is 0 Å². The summed E-state index contributed by atoms with van der Waals surface area (Å²) in [6.45, 7) is 0. The van der Waals surface area contributed by atoms with Crippen LogP contribution in [0.4, 0.5) is 8.78 Å². The average molecular weight is 238 g/mol. The first-order valence-electron chi connectivity index (χ1n) is 6.13. The molecule has 0 atom stereocenters. The second-order valence-electron chi connectivity index (χ2n) is 4.71. The molecule has 1 aliphatic carbocycles. The van der Waals surface area contributed by atoms with E-state index in [0.717, 1.165) is 43.9 Å². The molecule has 1 aromatic rings. The highest BCUT2D eigenvalue weighted by Gasteiger charge is 2.22. The Morgan fingerprint density at radius 3 is 2.59 bits per heavy atom. The van der Waals surface area contributed by atoms with Crippen molar-refractivity contribution in [3.63, 3.8) is 0 Å². The Morgan fingerprint density at radius 1 is 1.18 bits per heavy atom. The van der Waals surface area contributed by atoms with Crippen LogP contribution >= 0.6 is 0 Å². The van der Waals surface area contributed by atoms with Crippen LogP contribution in [0.25, 0.3) is 0 Å². The van der Waals surface area contributed by atoms with Gasteiger partial charge in [-0.3, -0.25) is 4.79 Å². The lowest BCUT2D eigenvalue weighted by molar-refractivity contribution is -0.123. The van der Waals surface area contributed by atoms with Gasteiger partial charge in [-0.1, -0.05) is 19.3 Å². The fourth-order valence-corrected chi connectivity index (χ4v) is 2.44. The smallest absolute Gasteiger partial charge is 0.140 e. The van der Waals surface area contributed by atoms with Gasteiger partial charge in [0.05, 0.1) is 0 Å². The number of hydrogen-bond acceptors (Lipinski definition) is 1. The summed E-state index contributed by atoms with van der Waals surface area (Å²) in [4.78, 5) is 11.9. The molecule has 17 heavy (non-hydrogen) atoms. The van der Waals surface area contributed by atoms with Gasteiger partial charge in [-0.25, -0.2) is 8.78 Å². The van der Waals surface area contributed by atoms with Crippen LogP contribution in [0, 0.1) is 17.6 Å². The van der Waals surface area contributed by atoms with Crippen molar-refractivity contribution in [2.45, 2.75) is 38.5 Å². The number of carbonyl (C=O) groups is 1. The zero-order chi connectivity index (χ0) is 12.3. The maximum atomic E-state index is 13.4. The van der Waals surface area contributed by atoms with Crippen LogP contribution < -0.4 is 0 Å². The minimum atomic E-state index is -0.490. The first kappa shape index (κ1) is 12.2. The Morgan fingerprint density at radius 2 is 1.88 bits per heavy atom. The molecule has 0 aliphatic heterocycles. The third-order valence-corrected chi connectivity index (χ3v) is 3.43. The van der Waals surface area contributed by atoms with Gasteiger partial charge in [-0.15, -0.1) is 0 Å². The molecule has 0 spiro atoms. The van der Waals surface area contributed by atoms with Crippen molar-refractivity contribution >= 4 is 5.78 Å². The van der Waals surface area contributed by atoms with Crippen LogP contribution in [0.15, 0.2) is 18.2 Å². The zero-order valence-corrected chi connectivity index (χ0v) is 9.72. The second kappa shape index (κ2) is 5.39. The molecule has 0 amide bonds. The predicted octanol–water partition coefficient (Wildman–Crippen LogP) is 3.66. The summed E-state index contributed by atoms with van der Waals surface area (Å²) in [5.41, 5.74) is 0.181. The highest BCUT2D eigenvalue weighted by molar-refractivity contribution is 5.83. The number of benzene rings is 1. The van der Waals surface area contributed by atoms with Gasteiger partial charge >= 0.3 is 0 Å². The first-order chi connectivity index (χ1) is 8.16. The minimum absolute atomic E-state index is 0.0221. The molecule has 92 valence electrons. The molecule has 1 fully saturated rings. The number of carbonyl (C=O) groups excluding carboxylic acids is 1. The van der Waals surface area contributed by atoms with Crippen molar-refractivity contribution in [1.82, 2.24) is 0 Å². The van der Waals surface area contributed by atoms with Gasteiger partial charge in [0.15, 0.2) is 0 Å². The Hall–Kier alpha value is -1.25. The van der Waals surface area contributed by atoms with Gasteiger partial charge in [0.2, 0.25) is 0 Å². The Balaban J connectivity index is 2.04. The van der Waals surface area contributed by atoms with Crippen molar-refractivity contribution in [2.24, 2.45) is 5.92 Å². The van der Waals surface area contributed by atoms with Gasteiger partial charge in [-0.2, -0.15) is 0 Å². The molecule has 0 saturated heterocycles. The first-order valence-corrected chi connectivity index (χ1v) is 6.13. The SMILES string of the molecule is O=C(Cc1cc(F)ccc1F)C1CCCCC1. The van der Waals surface area contributed by atoms with Gasteiger partial charge < -0.3 is 0 Å². The minimum Gasteiger partial charge on any atom is -0.299 e. The molecule has 2 rings (SSSR count). The molecule has 0 radical (unpaired) electrons. The van der Waals surface area contributed by atoms with E-state index in [1.165, 1.54) is 6.42 Å². The quantitative estimate of drug-likeness (QED) is 0.785. The van der Waals surface area contributed by atoms with E-state index >= 15 is 0 Å². The highest BCUT2D eigenvalue weighted by atomic mass is 19.1. The van der Waals surface area contributed by atoms with Crippen LogP contribution in [0.1, 0.15) is 37.7 Å². The summed E-state index contributed by atoms with van der Waals surface area (Å²) < 4.78 is 26.3. The molecule has 0 unspecified atom stereocenters. The summed E-state index contributed by atoms with van der Waals surface area (Å²) >= 11 is 0. The van der Waals surface area contributed by atoms with E-state index in [1.54, 1.807) is 0 Å². The number of ketones is 1. The van der Waals surface area contributed by atoms with E-state index in [-0.39, 0.29) is 23.7 Å². The van der Waals surface area contributed by atoms with Crippen molar-refractivity contribution in [1.29, 1.82) is 0 Å². The summed E-state index contributed by atoms with van der Waals surface area (Å²) in [5.74, 6) is -0.881. The van der Waals surface area contributed by atoms with E-state index < -0.39 is 11.6 Å². The van der Waals surface area contributed by atoms with Gasteiger partial charge in [-0.05, 0) is 36.6 Å². The van der Waals surface area contributed by atoms with Gasteiger partial charge in [0, 0.05) is 12.3 Å². The topological polar surface area (TPSA) is 17.1 Å². The van der Waals surface area contributed by atoms with Gasteiger partial charge in [0.25, 0.3) is 0 Å². The number of rotatable bonds is 3. The molecule has 0 heterocycles. The molecule has 0 aromatic heterocycles. The molecule has 1 saturated carbocycles. The monoisotopic (exact) mass is 238 g/mol. The third-order valence-electron chi connectivity index (χ3n) is 3.43. The maximum absolute atomic E-state index is 13.4. The summed E-state index contributed by atoms with van der Waals surface area (Å²) in [5, 5.41) is 0. The molecular weight excluding hydrogens is 222 g/mol. The maximum Gasteiger partial charge on any atom is 0.140 e. The standard InChI is InChI=1S/C14H16F2O/c15-12-6-7-13(16)11(8-12)9-14(17)10-4-2-1-3-5-10/h6-8,10H,1-5,9H2. The van der Waals surface area contributed by atoms with Crippen LogP contribution in [-0.4, -0.2) is 5.78 Å². The van der Waals surface area contributed by atoms with Gasteiger partial charge in [0.1, 0.15) is 17.4 Å². The van der Waals surface area contributed by atoms with Crippen molar-refractivity contribution in [3.8, 4) is 0 Å². The lowest BCUT2D eigenvalue weighted by Crippen LogP contribution is -2.20.